The fraction of sp³-hybridized carbons (Fsp3) is 0.0455. The predicted molar refractivity (Wildman–Crippen MR) is 103 cm³/mol. The van der Waals surface area contributed by atoms with Crippen LogP contribution >= 0.6 is 0 Å². The van der Waals surface area contributed by atoms with Gasteiger partial charge < -0.3 is 9.15 Å². The van der Waals surface area contributed by atoms with Crippen LogP contribution in [0.5, 0.6) is 5.75 Å². The van der Waals surface area contributed by atoms with E-state index in [1.54, 1.807) is 19.2 Å². The van der Waals surface area contributed by atoms with Gasteiger partial charge in [0.2, 0.25) is 5.88 Å². The van der Waals surface area contributed by atoms with Crippen LogP contribution in [0.4, 0.5) is 5.88 Å². The number of hydrogen-bond acceptors (Lipinski definition) is 3. The second-order valence-electron chi connectivity index (χ2n) is 5.85. The van der Waals surface area contributed by atoms with Gasteiger partial charge >= 0.3 is 0 Å². The van der Waals surface area contributed by atoms with E-state index in [2.05, 4.69) is 5.32 Å². The number of anilines is 1. The Morgan fingerprint density at radius 3 is 2.31 bits per heavy atom. The predicted octanol–water partition coefficient (Wildman–Crippen LogP) is 5.36. The third kappa shape index (κ3) is 2.93. The van der Waals surface area contributed by atoms with Crippen molar-refractivity contribution in [1.82, 2.24) is 0 Å². The van der Waals surface area contributed by atoms with Gasteiger partial charge in [-0.25, -0.2) is 0 Å². The molecule has 0 spiro atoms. The number of fused-ring (bicyclic) bond motifs is 1. The molecule has 1 amide bonds. The Morgan fingerprint density at radius 1 is 0.885 bits per heavy atom. The number of carbonyl (C=O) groups excluding carboxylic acids is 1. The van der Waals surface area contributed by atoms with Crippen molar-refractivity contribution in [3.63, 3.8) is 0 Å². The van der Waals surface area contributed by atoms with Crippen LogP contribution in [0.15, 0.2) is 83.3 Å². The molecule has 1 N–H and O–H groups in total. The molecule has 4 rings (SSSR count). The molecule has 0 aliphatic carbocycles. The van der Waals surface area contributed by atoms with Gasteiger partial charge in [-0.2, -0.15) is 0 Å². The summed E-state index contributed by atoms with van der Waals surface area (Å²) in [5.41, 5.74) is 3.10. The summed E-state index contributed by atoms with van der Waals surface area (Å²) in [7, 11) is 1.63. The number of nitrogens with one attached hydrogen (secondary N) is 1. The van der Waals surface area contributed by atoms with E-state index in [4.69, 9.17) is 9.15 Å². The molecule has 4 aromatic rings. The van der Waals surface area contributed by atoms with Crippen molar-refractivity contribution in [3.8, 4) is 16.9 Å². The van der Waals surface area contributed by atoms with Crippen molar-refractivity contribution < 1.29 is 13.9 Å². The molecule has 4 nitrogen and oxygen atoms in total. The topological polar surface area (TPSA) is 51.5 Å². The maximum Gasteiger partial charge on any atom is 0.257 e. The second kappa shape index (κ2) is 6.76. The molecule has 0 atom stereocenters. The van der Waals surface area contributed by atoms with E-state index in [0.717, 1.165) is 27.8 Å². The van der Waals surface area contributed by atoms with E-state index in [-0.39, 0.29) is 5.91 Å². The number of rotatable bonds is 4. The standard InChI is InChI=1S/C22H17NO3/c1-25-17-13-11-15(12-14-17)20-18-9-5-6-10-19(18)26-22(20)23-21(24)16-7-3-2-4-8-16/h2-14H,1H3,(H,23,24). The number of para-hydroxylation sites is 1. The number of hydrogen-bond donors (Lipinski definition) is 1. The Morgan fingerprint density at radius 2 is 1.58 bits per heavy atom. The molecule has 0 fully saturated rings. The van der Waals surface area contributed by atoms with Gasteiger partial charge in [-0.1, -0.05) is 48.5 Å². The zero-order chi connectivity index (χ0) is 17.9. The summed E-state index contributed by atoms with van der Waals surface area (Å²) in [6.45, 7) is 0. The van der Waals surface area contributed by atoms with Gasteiger partial charge in [-0.15, -0.1) is 0 Å². The smallest absolute Gasteiger partial charge is 0.257 e. The molecule has 0 saturated heterocycles. The highest BCUT2D eigenvalue weighted by atomic mass is 16.5. The first-order chi connectivity index (χ1) is 12.8. The van der Waals surface area contributed by atoms with Crippen LogP contribution in [0.3, 0.4) is 0 Å². The summed E-state index contributed by atoms with van der Waals surface area (Å²) in [6, 6.07) is 24.5. The van der Waals surface area contributed by atoms with Crippen molar-refractivity contribution in [1.29, 1.82) is 0 Å². The molecule has 0 unspecified atom stereocenters. The minimum Gasteiger partial charge on any atom is -0.497 e. The molecule has 3 aromatic carbocycles. The van der Waals surface area contributed by atoms with Gasteiger partial charge in [0.15, 0.2) is 0 Å². The molecule has 128 valence electrons. The third-order valence-corrected chi connectivity index (χ3v) is 4.24. The van der Waals surface area contributed by atoms with E-state index in [9.17, 15) is 4.79 Å². The van der Waals surface area contributed by atoms with Crippen molar-refractivity contribution in [3.05, 3.63) is 84.4 Å². The molecule has 0 aliphatic rings. The molecule has 4 heteroatoms. The van der Waals surface area contributed by atoms with Crippen LogP contribution in [0.2, 0.25) is 0 Å². The van der Waals surface area contributed by atoms with Crippen molar-refractivity contribution in [2.75, 3.05) is 12.4 Å². The summed E-state index contributed by atoms with van der Waals surface area (Å²) in [4.78, 5) is 12.6. The normalized spacial score (nSPS) is 10.7. The molecular weight excluding hydrogens is 326 g/mol. The summed E-state index contributed by atoms with van der Waals surface area (Å²) in [6.07, 6.45) is 0. The quantitative estimate of drug-likeness (QED) is 0.542. The zero-order valence-corrected chi connectivity index (χ0v) is 14.2. The molecule has 0 bridgehead atoms. The minimum absolute atomic E-state index is 0.209. The SMILES string of the molecule is COc1ccc(-c2c(NC(=O)c3ccccc3)oc3ccccc23)cc1. The van der Waals surface area contributed by atoms with Gasteiger partial charge in [0, 0.05) is 10.9 Å². The maximum atomic E-state index is 12.6. The first-order valence-corrected chi connectivity index (χ1v) is 8.28. The molecular formula is C22H17NO3. The maximum absolute atomic E-state index is 12.6. The molecule has 1 aromatic heterocycles. The van der Waals surface area contributed by atoms with Crippen LogP contribution < -0.4 is 10.1 Å². The van der Waals surface area contributed by atoms with Gasteiger partial charge in [0.1, 0.15) is 11.3 Å². The van der Waals surface area contributed by atoms with Gasteiger partial charge in [0.05, 0.1) is 12.7 Å². The average molecular weight is 343 g/mol. The van der Waals surface area contributed by atoms with Crippen molar-refractivity contribution in [2.45, 2.75) is 0 Å². The van der Waals surface area contributed by atoms with Crippen molar-refractivity contribution in [2.24, 2.45) is 0 Å². The lowest BCUT2D eigenvalue weighted by Crippen LogP contribution is -2.11. The number of methoxy groups -OCH3 is 1. The number of carbonyl (C=O) groups is 1. The third-order valence-electron chi connectivity index (χ3n) is 4.24. The lowest BCUT2D eigenvalue weighted by atomic mass is 10.0. The monoisotopic (exact) mass is 343 g/mol. The number of benzene rings is 3. The Balaban J connectivity index is 1.80. The van der Waals surface area contributed by atoms with Crippen LogP contribution in [0.25, 0.3) is 22.1 Å². The highest BCUT2D eigenvalue weighted by Gasteiger charge is 2.18. The van der Waals surface area contributed by atoms with Crippen LogP contribution in [0, 0.1) is 0 Å². The Hall–Kier alpha value is -3.53. The summed E-state index contributed by atoms with van der Waals surface area (Å²) in [5, 5.41) is 3.85. The molecule has 0 aliphatic heterocycles. The number of amides is 1. The number of ether oxygens (including phenoxy) is 1. The van der Waals surface area contributed by atoms with Gasteiger partial charge in [-0.05, 0) is 35.9 Å². The Labute approximate surface area is 151 Å². The molecule has 0 saturated carbocycles. The second-order valence-corrected chi connectivity index (χ2v) is 5.85. The lowest BCUT2D eigenvalue weighted by Gasteiger charge is -2.07. The Kier molecular flexibility index (Phi) is 4.15. The number of furan rings is 1. The van der Waals surface area contributed by atoms with E-state index in [1.165, 1.54) is 0 Å². The highest BCUT2D eigenvalue weighted by Crippen LogP contribution is 2.39. The first-order valence-electron chi connectivity index (χ1n) is 8.28. The Bertz CT molecular complexity index is 1050. The van der Waals surface area contributed by atoms with E-state index in [1.807, 2.05) is 66.7 Å². The van der Waals surface area contributed by atoms with Gasteiger partial charge in [0.25, 0.3) is 5.91 Å². The van der Waals surface area contributed by atoms with E-state index < -0.39 is 0 Å². The summed E-state index contributed by atoms with van der Waals surface area (Å²) < 4.78 is 11.2. The molecule has 0 radical (unpaired) electrons. The van der Waals surface area contributed by atoms with Crippen molar-refractivity contribution >= 4 is 22.8 Å². The first kappa shape index (κ1) is 16.0. The fourth-order valence-electron chi connectivity index (χ4n) is 2.94. The largest absolute Gasteiger partial charge is 0.497 e. The minimum atomic E-state index is -0.209. The lowest BCUT2D eigenvalue weighted by molar-refractivity contribution is 0.102. The van der Waals surface area contributed by atoms with Gasteiger partial charge in [-0.3, -0.25) is 10.1 Å². The summed E-state index contributed by atoms with van der Waals surface area (Å²) >= 11 is 0. The fourth-order valence-corrected chi connectivity index (χ4v) is 2.94. The van der Waals surface area contributed by atoms with Crippen LogP contribution in [0.1, 0.15) is 10.4 Å². The molecule has 1 heterocycles. The van der Waals surface area contributed by atoms with Crippen LogP contribution in [-0.2, 0) is 0 Å². The summed E-state index contributed by atoms with van der Waals surface area (Å²) in [5.74, 6) is 1.00. The average Bonchev–Trinajstić information content (AvgIpc) is 3.06. The molecule has 26 heavy (non-hydrogen) atoms. The van der Waals surface area contributed by atoms with E-state index in [0.29, 0.717) is 11.4 Å². The van der Waals surface area contributed by atoms with Crippen LogP contribution in [-0.4, -0.2) is 13.0 Å². The highest BCUT2D eigenvalue weighted by molar-refractivity contribution is 6.09. The van der Waals surface area contributed by atoms with E-state index >= 15 is 0 Å². The zero-order valence-electron chi connectivity index (χ0n) is 14.2.